The fourth-order valence-electron chi connectivity index (χ4n) is 2.68. The lowest BCUT2D eigenvalue weighted by molar-refractivity contribution is -0.204. The molecular weight excluding hydrogens is 268 g/mol. The number of aliphatic hydroxyl groups is 1. The van der Waals surface area contributed by atoms with Crippen molar-refractivity contribution in [2.75, 3.05) is 19.5 Å². The summed E-state index contributed by atoms with van der Waals surface area (Å²) in [6, 6.07) is 0. The molecule has 0 aliphatic heterocycles. The summed E-state index contributed by atoms with van der Waals surface area (Å²) >= 11 is 0. The van der Waals surface area contributed by atoms with Gasteiger partial charge in [-0.1, -0.05) is 6.42 Å². The fourth-order valence-corrected chi connectivity index (χ4v) is 3.87. The van der Waals surface area contributed by atoms with Gasteiger partial charge in [0.15, 0.2) is 6.29 Å². The molecule has 5 nitrogen and oxygen atoms in total. The Labute approximate surface area is 116 Å². The molecule has 114 valence electrons. The number of hydrogen-bond acceptors (Lipinski definition) is 5. The summed E-state index contributed by atoms with van der Waals surface area (Å²) in [5.74, 6) is -0.0726. The van der Waals surface area contributed by atoms with E-state index in [2.05, 4.69) is 0 Å². The summed E-state index contributed by atoms with van der Waals surface area (Å²) in [6.45, 7) is 4.62. The first-order valence-corrected chi connectivity index (χ1v) is 8.95. The zero-order chi connectivity index (χ0) is 14.5. The molecule has 1 N–H and O–H groups in total. The van der Waals surface area contributed by atoms with Gasteiger partial charge in [-0.3, -0.25) is 0 Å². The van der Waals surface area contributed by atoms with Gasteiger partial charge in [0.25, 0.3) is 0 Å². The predicted molar refractivity (Wildman–Crippen MR) is 73.6 cm³/mol. The van der Waals surface area contributed by atoms with Crippen LogP contribution in [0.5, 0.6) is 0 Å². The maximum Gasteiger partial charge on any atom is 0.183 e. The Morgan fingerprint density at radius 2 is 1.79 bits per heavy atom. The SMILES string of the molecule is CCOC(OCC)C(O)C1CCCC(S(C)(=O)=O)C1. The van der Waals surface area contributed by atoms with Crippen LogP contribution in [0, 0.1) is 5.92 Å². The Hall–Kier alpha value is -0.170. The van der Waals surface area contributed by atoms with E-state index >= 15 is 0 Å². The minimum atomic E-state index is -3.04. The summed E-state index contributed by atoms with van der Waals surface area (Å²) in [5, 5.41) is 9.99. The first-order valence-electron chi connectivity index (χ1n) is 7.00. The Balaban J connectivity index is 2.66. The second-order valence-corrected chi connectivity index (χ2v) is 7.47. The minimum Gasteiger partial charge on any atom is -0.388 e. The van der Waals surface area contributed by atoms with Gasteiger partial charge in [0.05, 0.1) is 5.25 Å². The van der Waals surface area contributed by atoms with E-state index < -0.39 is 22.2 Å². The van der Waals surface area contributed by atoms with Crippen LogP contribution >= 0.6 is 0 Å². The quantitative estimate of drug-likeness (QED) is 0.718. The Bertz CT molecular complexity index is 348. The Morgan fingerprint density at radius 1 is 1.21 bits per heavy atom. The van der Waals surface area contributed by atoms with Crippen LogP contribution in [-0.2, 0) is 19.3 Å². The third-order valence-corrected chi connectivity index (χ3v) is 5.34. The minimum absolute atomic E-state index is 0.0726. The monoisotopic (exact) mass is 294 g/mol. The molecule has 0 aromatic heterocycles. The number of sulfone groups is 1. The van der Waals surface area contributed by atoms with Crippen molar-refractivity contribution < 1.29 is 23.0 Å². The van der Waals surface area contributed by atoms with Crippen molar-refractivity contribution in [1.29, 1.82) is 0 Å². The molecule has 0 spiro atoms. The molecule has 0 bridgehead atoms. The summed E-state index contributed by atoms with van der Waals surface area (Å²) in [5.41, 5.74) is 0. The molecule has 1 aliphatic carbocycles. The van der Waals surface area contributed by atoms with E-state index in [1.54, 1.807) is 0 Å². The average molecular weight is 294 g/mol. The van der Waals surface area contributed by atoms with Gasteiger partial charge in [-0.05, 0) is 39.0 Å². The molecule has 1 aliphatic rings. The van der Waals surface area contributed by atoms with Gasteiger partial charge in [-0.2, -0.15) is 0 Å². The lowest BCUT2D eigenvalue weighted by Crippen LogP contribution is -2.41. The van der Waals surface area contributed by atoms with Gasteiger partial charge in [0.2, 0.25) is 0 Å². The second-order valence-electron chi connectivity index (χ2n) is 5.15. The van der Waals surface area contributed by atoms with Gasteiger partial charge in [-0.25, -0.2) is 8.42 Å². The molecule has 0 saturated heterocycles. The summed E-state index contributed by atoms with van der Waals surface area (Å²) < 4.78 is 34.1. The number of hydrogen-bond donors (Lipinski definition) is 1. The molecule has 0 radical (unpaired) electrons. The standard InChI is InChI=1S/C13H26O5S/c1-4-17-13(18-5-2)12(14)10-7-6-8-11(9-10)19(3,15)16/h10-14H,4-9H2,1-3H3. The number of aliphatic hydroxyl groups excluding tert-OH is 1. The summed E-state index contributed by atoms with van der Waals surface area (Å²) in [4.78, 5) is 0. The van der Waals surface area contributed by atoms with Crippen molar-refractivity contribution in [2.45, 2.75) is 57.2 Å². The van der Waals surface area contributed by atoms with E-state index in [4.69, 9.17) is 9.47 Å². The van der Waals surface area contributed by atoms with Crippen LogP contribution in [0.2, 0.25) is 0 Å². The smallest absolute Gasteiger partial charge is 0.183 e. The van der Waals surface area contributed by atoms with E-state index in [-0.39, 0.29) is 11.2 Å². The van der Waals surface area contributed by atoms with Crippen LogP contribution in [0.25, 0.3) is 0 Å². The summed E-state index contributed by atoms with van der Waals surface area (Å²) in [6.07, 6.45) is 2.69. The van der Waals surface area contributed by atoms with Gasteiger partial charge < -0.3 is 14.6 Å². The van der Waals surface area contributed by atoms with Gasteiger partial charge in [0, 0.05) is 19.5 Å². The lowest BCUT2D eigenvalue weighted by Gasteiger charge is -2.34. The first-order chi connectivity index (χ1) is 8.90. The van der Waals surface area contributed by atoms with Gasteiger partial charge in [-0.15, -0.1) is 0 Å². The van der Waals surface area contributed by atoms with Crippen LogP contribution in [0.4, 0.5) is 0 Å². The molecule has 1 saturated carbocycles. The molecule has 3 atom stereocenters. The Morgan fingerprint density at radius 3 is 2.26 bits per heavy atom. The molecule has 6 heteroatoms. The van der Waals surface area contributed by atoms with Gasteiger partial charge in [0.1, 0.15) is 15.9 Å². The number of rotatable bonds is 7. The van der Waals surface area contributed by atoms with Crippen molar-refractivity contribution in [3.63, 3.8) is 0 Å². The highest BCUT2D eigenvalue weighted by Crippen LogP contribution is 2.32. The maximum absolute atomic E-state index is 11.6. The molecule has 0 heterocycles. The molecule has 0 aromatic carbocycles. The predicted octanol–water partition coefficient (Wildman–Crippen LogP) is 1.35. The van der Waals surface area contributed by atoms with E-state index in [1.165, 1.54) is 6.26 Å². The molecule has 0 amide bonds. The lowest BCUT2D eigenvalue weighted by atomic mass is 9.84. The molecule has 0 aromatic rings. The molecule has 19 heavy (non-hydrogen) atoms. The van der Waals surface area contributed by atoms with E-state index in [0.29, 0.717) is 26.1 Å². The highest BCUT2D eigenvalue weighted by atomic mass is 32.2. The zero-order valence-electron chi connectivity index (χ0n) is 12.0. The van der Waals surface area contributed by atoms with Gasteiger partial charge >= 0.3 is 0 Å². The average Bonchev–Trinajstić information content (AvgIpc) is 2.37. The van der Waals surface area contributed by atoms with Crippen LogP contribution in [0.1, 0.15) is 39.5 Å². The van der Waals surface area contributed by atoms with Crippen LogP contribution < -0.4 is 0 Å². The first kappa shape index (κ1) is 16.9. The third-order valence-electron chi connectivity index (χ3n) is 3.70. The van der Waals surface area contributed by atoms with Crippen molar-refractivity contribution in [1.82, 2.24) is 0 Å². The van der Waals surface area contributed by atoms with Crippen molar-refractivity contribution in [3.05, 3.63) is 0 Å². The fraction of sp³-hybridized carbons (Fsp3) is 1.00. The normalized spacial score (nSPS) is 26.6. The van der Waals surface area contributed by atoms with E-state index in [0.717, 1.165) is 12.8 Å². The third kappa shape index (κ3) is 5.02. The molecule has 3 unspecified atom stereocenters. The highest BCUT2D eigenvalue weighted by Gasteiger charge is 2.36. The van der Waals surface area contributed by atoms with Crippen molar-refractivity contribution in [2.24, 2.45) is 5.92 Å². The van der Waals surface area contributed by atoms with Crippen molar-refractivity contribution in [3.8, 4) is 0 Å². The largest absolute Gasteiger partial charge is 0.388 e. The topological polar surface area (TPSA) is 72.8 Å². The molecule has 1 fully saturated rings. The molecule has 1 rings (SSSR count). The maximum atomic E-state index is 11.6. The second kappa shape index (κ2) is 7.57. The number of ether oxygens (including phenoxy) is 2. The summed E-state index contributed by atoms with van der Waals surface area (Å²) in [7, 11) is -3.04. The molecular formula is C13H26O5S. The van der Waals surface area contributed by atoms with E-state index in [9.17, 15) is 13.5 Å². The van der Waals surface area contributed by atoms with Crippen molar-refractivity contribution >= 4 is 9.84 Å². The Kier molecular flexibility index (Phi) is 6.73. The van der Waals surface area contributed by atoms with Crippen LogP contribution in [0.3, 0.4) is 0 Å². The zero-order valence-corrected chi connectivity index (χ0v) is 12.9. The van der Waals surface area contributed by atoms with Crippen LogP contribution in [-0.4, -0.2) is 50.6 Å². The van der Waals surface area contributed by atoms with E-state index in [1.807, 2.05) is 13.8 Å². The van der Waals surface area contributed by atoms with Crippen LogP contribution in [0.15, 0.2) is 0 Å². The highest BCUT2D eigenvalue weighted by molar-refractivity contribution is 7.91.